The van der Waals surface area contributed by atoms with Crippen molar-refractivity contribution in [2.24, 2.45) is 0 Å². The molecule has 308 valence electrons. The van der Waals surface area contributed by atoms with Gasteiger partial charge in [0.15, 0.2) is 0 Å². The minimum atomic E-state index is 1.09. The SMILES string of the molecule is CCCc1ccc2c(c1)c1cc(CCC)ccc1n2-c1ccc(N(c2ccccc2)c2ccc(-c3ccc4c(-c5ccccc5)c5ccccc5c(-c5ccccc5)c4c3)cc2)cc1. The van der Waals surface area contributed by atoms with Gasteiger partial charge in [-0.05, 0) is 158 Å². The third-order valence-electron chi connectivity index (χ3n) is 13.0. The van der Waals surface area contributed by atoms with E-state index in [1.165, 1.54) is 87.9 Å². The van der Waals surface area contributed by atoms with Crippen molar-refractivity contribution in [1.29, 1.82) is 0 Å². The van der Waals surface area contributed by atoms with Crippen molar-refractivity contribution in [3.8, 4) is 39.1 Å². The van der Waals surface area contributed by atoms with E-state index >= 15 is 0 Å². The maximum atomic E-state index is 2.44. The molecule has 1 heterocycles. The highest BCUT2D eigenvalue weighted by atomic mass is 15.1. The van der Waals surface area contributed by atoms with E-state index in [1.54, 1.807) is 0 Å². The molecule has 0 amide bonds. The molecule has 2 heteroatoms. The molecule has 0 radical (unpaired) electrons. The van der Waals surface area contributed by atoms with Crippen LogP contribution >= 0.6 is 0 Å². The van der Waals surface area contributed by atoms with Crippen LogP contribution in [-0.4, -0.2) is 4.57 Å². The lowest BCUT2D eigenvalue weighted by molar-refractivity contribution is 0.923. The molecule has 0 unspecified atom stereocenters. The lowest BCUT2D eigenvalue weighted by atomic mass is 9.85. The van der Waals surface area contributed by atoms with E-state index in [9.17, 15) is 0 Å². The predicted molar refractivity (Wildman–Crippen MR) is 275 cm³/mol. The van der Waals surface area contributed by atoms with Crippen LogP contribution in [0.4, 0.5) is 17.1 Å². The van der Waals surface area contributed by atoms with Crippen molar-refractivity contribution in [2.45, 2.75) is 39.5 Å². The smallest absolute Gasteiger partial charge is 0.0541 e. The topological polar surface area (TPSA) is 8.17 Å². The highest BCUT2D eigenvalue weighted by Gasteiger charge is 2.19. The summed E-state index contributed by atoms with van der Waals surface area (Å²) in [6.45, 7) is 4.52. The average molecular weight is 823 g/mol. The van der Waals surface area contributed by atoms with Crippen molar-refractivity contribution >= 4 is 60.4 Å². The Hall–Kier alpha value is -7.68. The summed E-state index contributed by atoms with van der Waals surface area (Å²) in [4.78, 5) is 2.36. The summed E-state index contributed by atoms with van der Waals surface area (Å²) in [7, 11) is 0. The lowest BCUT2D eigenvalue weighted by Crippen LogP contribution is -2.10. The molecule has 0 atom stereocenters. The van der Waals surface area contributed by atoms with Gasteiger partial charge in [-0.1, -0.05) is 166 Å². The zero-order valence-electron chi connectivity index (χ0n) is 36.5. The number of nitrogens with zero attached hydrogens (tertiary/aromatic N) is 2. The van der Waals surface area contributed by atoms with Crippen LogP contribution in [0.3, 0.4) is 0 Å². The van der Waals surface area contributed by atoms with Crippen LogP contribution in [0.5, 0.6) is 0 Å². The van der Waals surface area contributed by atoms with Gasteiger partial charge in [-0.25, -0.2) is 0 Å². The number of rotatable bonds is 11. The molecule has 0 saturated heterocycles. The Bertz CT molecular complexity index is 3360. The van der Waals surface area contributed by atoms with Gasteiger partial charge in [0.25, 0.3) is 0 Å². The second kappa shape index (κ2) is 16.9. The first kappa shape index (κ1) is 39.2. The summed E-state index contributed by atoms with van der Waals surface area (Å²) >= 11 is 0. The fourth-order valence-electron chi connectivity index (χ4n) is 10.1. The summed E-state index contributed by atoms with van der Waals surface area (Å²) in [6.07, 6.45) is 4.46. The molecule has 0 saturated carbocycles. The summed E-state index contributed by atoms with van der Waals surface area (Å²) in [5.41, 5.74) is 17.2. The van der Waals surface area contributed by atoms with Gasteiger partial charge in [-0.2, -0.15) is 0 Å². The lowest BCUT2D eigenvalue weighted by Gasteiger charge is -2.26. The molecule has 0 aliphatic carbocycles. The van der Waals surface area contributed by atoms with Crippen molar-refractivity contribution in [3.63, 3.8) is 0 Å². The predicted octanol–water partition coefficient (Wildman–Crippen LogP) is 17.5. The highest BCUT2D eigenvalue weighted by molar-refractivity contribution is 6.22. The number of anilines is 3. The summed E-state index contributed by atoms with van der Waals surface area (Å²) in [6, 6.07) is 80.7. The van der Waals surface area contributed by atoms with Crippen LogP contribution in [0.25, 0.3) is 82.4 Å². The van der Waals surface area contributed by atoms with Gasteiger partial charge >= 0.3 is 0 Å². The van der Waals surface area contributed by atoms with Crippen LogP contribution < -0.4 is 4.90 Å². The fraction of sp³-hybridized carbons (Fsp3) is 0.0968. The Balaban J connectivity index is 1.00. The van der Waals surface area contributed by atoms with Gasteiger partial charge in [0, 0.05) is 33.5 Å². The molecule has 0 aliphatic rings. The molecule has 0 aliphatic heterocycles. The monoisotopic (exact) mass is 822 g/mol. The molecule has 11 aromatic rings. The van der Waals surface area contributed by atoms with Crippen LogP contribution in [-0.2, 0) is 12.8 Å². The van der Waals surface area contributed by atoms with Crippen LogP contribution in [0.1, 0.15) is 37.8 Å². The number of hydrogen-bond donors (Lipinski definition) is 0. The highest BCUT2D eigenvalue weighted by Crippen LogP contribution is 2.45. The summed E-state index contributed by atoms with van der Waals surface area (Å²) in [5, 5.41) is 7.71. The molecule has 64 heavy (non-hydrogen) atoms. The first-order valence-electron chi connectivity index (χ1n) is 22.9. The van der Waals surface area contributed by atoms with Gasteiger partial charge < -0.3 is 9.47 Å². The summed E-state index contributed by atoms with van der Waals surface area (Å²) < 4.78 is 2.44. The maximum absolute atomic E-state index is 2.44. The van der Waals surface area contributed by atoms with Crippen LogP contribution in [0.15, 0.2) is 218 Å². The second-order valence-electron chi connectivity index (χ2n) is 17.1. The Morgan fingerprint density at radius 2 is 0.766 bits per heavy atom. The standard InChI is InChI=1S/C62H50N2/c1-3-16-43-26-38-59-56(40-43)57-41-44(17-4-2)27-39-60(57)64(59)52-35-33-51(34-36-52)63(49-22-12-7-13-23-49)50-31-28-45(29-32-50)48-30-37-55-58(42-48)62(47-20-10-6-11-21-47)54-25-15-14-24-53(54)61(55)46-18-8-5-9-19-46/h5-15,18-42H,3-4,16-17H2,1-2H3. The summed E-state index contributed by atoms with van der Waals surface area (Å²) in [5.74, 6) is 0. The third-order valence-corrected chi connectivity index (χ3v) is 13.0. The molecule has 1 aromatic heterocycles. The first-order valence-corrected chi connectivity index (χ1v) is 22.9. The number of aryl methyl sites for hydroxylation is 2. The first-order chi connectivity index (χ1) is 31.7. The van der Waals surface area contributed by atoms with Crippen molar-refractivity contribution in [2.75, 3.05) is 4.90 Å². The minimum Gasteiger partial charge on any atom is -0.311 e. The zero-order chi connectivity index (χ0) is 43.0. The van der Waals surface area contributed by atoms with Crippen molar-refractivity contribution in [3.05, 3.63) is 230 Å². The molecule has 0 fully saturated rings. The Labute approximate surface area is 376 Å². The van der Waals surface area contributed by atoms with E-state index in [4.69, 9.17) is 0 Å². The van der Waals surface area contributed by atoms with E-state index in [2.05, 4.69) is 242 Å². The fourth-order valence-corrected chi connectivity index (χ4v) is 10.1. The molecule has 0 spiro atoms. The van der Waals surface area contributed by atoms with Gasteiger partial charge in [-0.3, -0.25) is 0 Å². The van der Waals surface area contributed by atoms with E-state index in [0.29, 0.717) is 0 Å². The zero-order valence-corrected chi connectivity index (χ0v) is 36.5. The van der Waals surface area contributed by atoms with E-state index in [-0.39, 0.29) is 0 Å². The van der Waals surface area contributed by atoms with Crippen LogP contribution in [0.2, 0.25) is 0 Å². The molecule has 11 rings (SSSR count). The maximum Gasteiger partial charge on any atom is 0.0541 e. The van der Waals surface area contributed by atoms with Gasteiger partial charge in [0.2, 0.25) is 0 Å². The number of hydrogen-bond acceptors (Lipinski definition) is 1. The van der Waals surface area contributed by atoms with E-state index < -0.39 is 0 Å². The molecule has 10 aromatic carbocycles. The van der Waals surface area contributed by atoms with Crippen molar-refractivity contribution < 1.29 is 0 Å². The molecular weight excluding hydrogens is 773 g/mol. The van der Waals surface area contributed by atoms with Gasteiger partial charge in [0.05, 0.1) is 11.0 Å². The normalized spacial score (nSPS) is 11.5. The van der Waals surface area contributed by atoms with Gasteiger partial charge in [-0.15, -0.1) is 0 Å². The van der Waals surface area contributed by atoms with E-state index in [0.717, 1.165) is 48.4 Å². The average Bonchev–Trinajstić information content (AvgIpc) is 3.67. The minimum absolute atomic E-state index is 1.09. The molecule has 2 nitrogen and oxygen atoms in total. The molecule has 0 N–H and O–H groups in total. The van der Waals surface area contributed by atoms with E-state index in [1.807, 2.05) is 0 Å². The third kappa shape index (κ3) is 7.02. The number of benzene rings is 10. The quantitative estimate of drug-likeness (QED) is 0.118. The number of para-hydroxylation sites is 1. The van der Waals surface area contributed by atoms with Crippen LogP contribution in [0, 0.1) is 0 Å². The molecular formula is C62H50N2. The largest absolute Gasteiger partial charge is 0.311 e. The molecule has 0 bridgehead atoms. The van der Waals surface area contributed by atoms with Gasteiger partial charge in [0.1, 0.15) is 0 Å². The Morgan fingerprint density at radius 3 is 1.30 bits per heavy atom. The second-order valence-corrected chi connectivity index (χ2v) is 17.1. The number of aromatic nitrogens is 1. The number of fused-ring (bicyclic) bond motifs is 5. The Morgan fingerprint density at radius 1 is 0.328 bits per heavy atom. The Kier molecular flexibility index (Phi) is 10.3. The van der Waals surface area contributed by atoms with Crippen molar-refractivity contribution in [1.82, 2.24) is 4.57 Å².